The Morgan fingerprint density at radius 1 is 1.17 bits per heavy atom. The van der Waals surface area contributed by atoms with E-state index in [9.17, 15) is 9.59 Å². The molecule has 0 aliphatic rings. The van der Waals surface area contributed by atoms with Crippen molar-refractivity contribution in [3.8, 4) is 0 Å². The van der Waals surface area contributed by atoms with Crippen LogP contribution in [-0.2, 0) is 10.5 Å². The maximum Gasteiger partial charge on any atom is 0.250 e. The topological polar surface area (TPSA) is 72.2 Å². The SMILES string of the molecule is C[C@H](SCc1ccc(Br)cc1)C(=O)Nc1ccccc1C(N)=O. The molecule has 23 heavy (non-hydrogen) atoms. The smallest absolute Gasteiger partial charge is 0.250 e. The highest BCUT2D eigenvalue weighted by Gasteiger charge is 2.16. The second kappa shape index (κ2) is 8.17. The van der Waals surface area contributed by atoms with Crippen molar-refractivity contribution >= 4 is 45.2 Å². The zero-order chi connectivity index (χ0) is 16.8. The van der Waals surface area contributed by atoms with E-state index in [0.717, 1.165) is 15.8 Å². The zero-order valence-corrected chi connectivity index (χ0v) is 15.0. The summed E-state index contributed by atoms with van der Waals surface area (Å²) in [6.45, 7) is 1.84. The maximum absolute atomic E-state index is 12.3. The Morgan fingerprint density at radius 3 is 2.48 bits per heavy atom. The van der Waals surface area contributed by atoms with Gasteiger partial charge in [-0.25, -0.2) is 0 Å². The van der Waals surface area contributed by atoms with Crippen LogP contribution in [0.4, 0.5) is 5.69 Å². The van der Waals surface area contributed by atoms with Gasteiger partial charge in [0, 0.05) is 10.2 Å². The summed E-state index contributed by atoms with van der Waals surface area (Å²) < 4.78 is 1.03. The van der Waals surface area contributed by atoms with Crippen LogP contribution in [0.2, 0.25) is 0 Å². The van der Waals surface area contributed by atoms with E-state index in [1.807, 2.05) is 31.2 Å². The van der Waals surface area contributed by atoms with Gasteiger partial charge in [0.2, 0.25) is 5.91 Å². The highest BCUT2D eigenvalue weighted by atomic mass is 79.9. The first-order valence-electron chi connectivity index (χ1n) is 7.03. The first kappa shape index (κ1) is 17.6. The van der Waals surface area contributed by atoms with Crippen molar-refractivity contribution < 1.29 is 9.59 Å². The molecule has 2 aromatic carbocycles. The normalized spacial score (nSPS) is 11.7. The van der Waals surface area contributed by atoms with Crippen LogP contribution in [0.3, 0.4) is 0 Å². The lowest BCUT2D eigenvalue weighted by atomic mass is 10.1. The zero-order valence-electron chi connectivity index (χ0n) is 12.6. The van der Waals surface area contributed by atoms with Crippen LogP contribution in [0.5, 0.6) is 0 Å². The Bertz CT molecular complexity index is 704. The number of thioether (sulfide) groups is 1. The van der Waals surface area contributed by atoms with Gasteiger partial charge in [0.1, 0.15) is 0 Å². The van der Waals surface area contributed by atoms with Gasteiger partial charge in [0.15, 0.2) is 0 Å². The Kier molecular flexibility index (Phi) is 6.24. The molecule has 3 N–H and O–H groups in total. The van der Waals surface area contributed by atoms with E-state index in [4.69, 9.17) is 5.73 Å². The molecule has 0 saturated heterocycles. The lowest BCUT2D eigenvalue weighted by Gasteiger charge is -2.13. The molecule has 0 bridgehead atoms. The average Bonchev–Trinajstić information content (AvgIpc) is 2.54. The highest BCUT2D eigenvalue weighted by molar-refractivity contribution is 9.10. The van der Waals surface area contributed by atoms with Crippen molar-refractivity contribution in [1.82, 2.24) is 0 Å². The van der Waals surface area contributed by atoms with Crippen molar-refractivity contribution in [2.24, 2.45) is 5.73 Å². The monoisotopic (exact) mass is 392 g/mol. The molecule has 0 saturated carbocycles. The summed E-state index contributed by atoms with van der Waals surface area (Å²) in [4.78, 5) is 23.6. The number of anilines is 1. The minimum atomic E-state index is -0.559. The average molecular weight is 393 g/mol. The number of rotatable bonds is 6. The first-order valence-corrected chi connectivity index (χ1v) is 8.87. The molecule has 1 atom stereocenters. The molecule has 0 heterocycles. The third kappa shape index (κ3) is 5.11. The Balaban J connectivity index is 1.95. The summed E-state index contributed by atoms with van der Waals surface area (Å²) in [5, 5.41) is 2.52. The van der Waals surface area contributed by atoms with E-state index in [0.29, 0.717) is 11.3 Å². The van der Waals surface area contributed by atoms with E-state index < -0.39 is 5.91 Å². The predicted molar refractivity (Wildman–Crippen MR) is 98.5 cm³/mol. The molecular weight excluding hydrogens is 376 g/mol. The van der Waals surface area contributed by atoms with Gasteiger partial charge in [-0.2, -0.15) is 0 Å². The third-order valence-corrected chi connectivity index (χ3v) is 4.98. The number of carbonyl (C=O) groups excluding carboxylic acids is 2. The molecule has 0 unspecified atom stereocenters. The van der Waals surface area contributed by atoms with Crippen molar-refractivity contribution in [1.29, 1.82) is 0 Å². The van der Waals surface area contributed by atoms with Crippen molar-refractivity contribution in [3.63, 3.8) is 0 Å². The summed E-state index contributed by atoms with van der Waals surface area (Å²) >= 11 is 4.93. The number of hydrogen-bond donors (Lipinski definition) is 2. The van der Waals surface area contributed by atoms with Crippen LogP contribution in [0.15, 0.2) is 53.0 Å². The quantitative estimate of drug-likeness (QED) is 0.784. The minimum Gasteiger partial charge on any atom is -0.366 e. The van der Waals surface area contributed by atoms with E-state index in [2.05, 4.69) is 21.2 Å². The van der Waals surface area contributed by atoms with Crippen LogP contribution < -0.4 is 11.1 Å². The fourth-order valence-electron chi connectivity index (χ4n) is 1.92. The molecule has 120 valence electrons. The number of nitrogens with two attached hydrogens (primary N) is 1. The molecule has 0 aliphatic heterocycles. The molecule has 0 aromatic heterocycles. The van der Waals surface area contributed by atoms with Gasteiger partial charge in [-0.1, -0.05) is 40.2 Å². The number of nitrogens with one attached hydrogen (secondary N) is 1. The molecule has 0 spiro atoms. The van der Waals surface area contributed by atoms with Crippen LogP contribution in [0.25, 0.3) is 0 Å². The molecule has 2 aromatic rings. The number of halogens is 1. The van der Waals surface area contributed by atoms with Crippen molar-refractivity contribution in [2.45, 2.75) is 17.9 Å². The fraction of sp³-hybridized carbons (Fsp3) is 0.176. The number of benzene rings is 2. The Morgan fingerprint density at radius 2 is 1.83 bits per heavy atom. The largest absolute Gasteiger partial charge is 0.366 e. The van der Waals surface area contributed by atoms with Gasteiger partial charge in [-0.3, -0.25) is 9.59 Å². The van der Waals surface area contributed by atoms with Crippen LogP contribution in [0.1, 0.15) is 22.8 Å². The minimum absolute atomic E-state index is 0.152. The van der Waals surface area contributed by atoms with E-state index >= 15 is 0 Å². The predicted octanol–water partition coefficient (Wildman–Crippen LogP) is 3.81. The molecule has 4 nitrogen and oxygen atoms in total. The van der Waals surface area contributed by atoms with Crippen molar-refractivity contribution in [2.75, 3.05) is 5.32 Å². The lowest BCUT2D eigenvalue weighted by Crippen LogP contribution is -2.24. The second-order valence-electron chi connectivity index (χ2n) is 4.98. The molecule has 6 heteroatoms. The van der Waals surface area contributed by atoms with Crippen LogP contribution in [-0.4, -0.2) is 17.1 Å². The number of carbonyl (C=O) groups is 2. The summed E-state index contributed by atoms with van der Waals surface area (Å²) in [5.74, 6) is 0.0242. The maximum atomic E-state index is 12.3. The number of hydrogen-bond acceptors (Lipinski definition) is 3. The highest BCUT2D eigenvalue weighted by Crippen LogP contribution is 2.22. The summed E-state index contributed by atoms with van der Waals surface area (Å²) in [6, 6.07) is 14.7. The molecule has 2 amide bonds. The number of primary amides is 1. The second-order valence-corrected chi connectivity index (χ2v) is 7.22. The summed E-state index contributed by atoms with van der Waals surface area (Å²) in [6.07, 6.45) is 0. The van der Waals surface area contributed by atoms with E-state index in [-0.39, 0.29) is 11.2 Å². The molecule has 0 radical (unpaired) electrons. The van der Waals surface area contributed by atoms with Crippen molar-refractivity contribution in [3.05, 3.63) is 64.1 Å². The third-order valence-electron chi connectivity index (χ3n) is 3.23. The van der Waals surface area contributed by atoms with Gasteiger partial charge in [0.25, 0.3) is 5.91 Å². The van der Waals surface area contributed by atoms with Crippen LogP contribution in [0, 0.1) is 0 Å². The van der Waals surface area contributed by atoms with Gasteiger partial charge in [-0.15, -0.1) is 11.8 Å². The van der Waals surface area contributed by atoms with E-state index in [1.54, 1.807) is 24.3 Å². The van der Waals surface area contributed by atoms with Gasteiger partial charge in [0.05, 0.1) is 16.5 Å². The van der Waals surface area contributed by atoms with E-state index in [1.165, 1.54) is 11.8 Å². The molecule has 2 rings (SSSR count). The molecule has 0 fully saturated rings. The Hall–Kier alpha value is -1.79. The van der Waals surface area contributed by atoms with Gasteiger partial charge < -0.3 is 11.1 Å². The summed E-state index contributed by atoms with van der Waals surface area (Å²) in [5.41, 5.74) is 7.22. The lowest BCUT2D eigenvalue weighted by molar-refractivity contribution is -0.115. The molecular formula is C17H17BrN2O2S. The van der Waals surface area contributed by atoms with Gasteiger partial charge in [-0.05, 0) is 36.8 Å². The summed E-state index contributed by atoms with van der Waals surface area (Å²) in [7, 11) is 0. The van der Waals surface area contributed by atoms with Crippen LogP contribution >= 0.6 is 27.7 Å². The standard InChI is InChI=1S/C17H17BrN2O2S/c1-11(23-10-12-6-8-13(18)9-7-12)17(22)20-15-5-3-2-4-14(15)16(19)21/h2-9,11H,10H2,1H3,(H2,19,21)(H,20,22)/t11-/m0/s1. The van der Waals surface area contributed by atoms with Gasteiger partial charge >= 0.3 is 0 Å². The molecule has 0 aliphatic carbocycles. The number of para-hydroxylation sites is 1. The first-order chi connectivity index (χ1) is 11.0. The fourth-order valence-corrected chi connectivity index (χ4v) is 3.03. The Labute approximate surface area is 148 Å². The number of amides is 2.